The summed E-state index contributed by atoms with van der Waals surface area (Å²) in [4.78, 5) is 0. The highest BCUT2D eigenvalue weighted by atomic mass is 16.3. The zero-order valence-corrected chi connectivity index (χ0v) is 6.35. The summed E-state index contributed by atoms with van der Waals surface area (Å²) in [6, 6.07) is 0. The Labute approximate surface area is 57.1 Å². The monoisotopic (exact) mass is 128 g/mol. The average Bonchev–Trinajstić information content (AvgIpc) is 2.16. The third kappa shape index (κ3) is 1.26. The first-order valence-corrected chi connectivity index (χ1v) is 3.87. The van der Waals surface area contributed by atoms with Crippen molar-refractivity contribution < 1.29 is 5.11 Å². The van der Waals surface area contributed by atoms with Crippen LogP contribution in [-0.4, -0.2) is 10.7 Å². The number of hydrogen-bond acceptors (Lipinski definition) is 1. The van der Waals surface area contributed by atoms with Gasteiger partial charge < -0.3 is 5.11 Å². The van der Waals surface area contributed by atoms with E-state index in [0.717, 1.165) is 12.8 Å². The molecule has 1 heteroatoms. The third-order valence-electron chi connectivity index (χ3n) is 2.54. The summed E-state index contributed by atoms with van der Waals surface area (Å²) in [5.74, 6) is 0.444. The van der Waals surface area contributed by atoms with Crippen molar-refractivity contribution in [3.05, 3.63) is 0 Å². The van der Waals surface area contributed by atoms with Crippen LogP contribution in [0.25, 0.3) is 0 Å². The minimum Gasteiger partial charge on any atom is -0.390 e. The van der Waals surface area contributed by atoms with Crippen LogP contribution < -0.4 is 0 Å². The molecule has 0 spiro atoms. The van der Waals surface area contributed by atoms with Crippen LogP contribution in [0.3, 0.4) is 0 Å². The van der Waals surface area contributed by atoms with E-state index >= 15 is 0 Å². The lowest BCUT2D eigenvalue weighted by Crippen LogP contribution is -2.30. The van der Waals surface area contributed by atoms with Crippen molar-refractivity contribution in [3.63, 3.8) is 0 Å². The molecule has 9 heavy (non-hydrogen) atoms. The summed E-state index contributed by atoms with van der Waals surface area (Å²) in [6.45, 7) is 4.20. The van der Waals surface area contributed by atoms with E-state index in [1.807, 2.05) is 0 Å². The second-order valence-corrected chi connectivity index (χ2v) is 3.47. The average molecular weight is 128 g/mol. The standard InChI is InChI=1S/C8H16O/c1-7(2)8(9)5-3-4-6-8/h7,9H,3-6H2,1-2H3. The van der Waals surface area contributed by atoms with Gasteiger partial charge in [0.15, 0.2) is 0 Å². The Morgan fingerprint density at radius 2 is 1.67 bits per heavy atom. The Morgan fingerprint density at radius 3 is 1.89 bits per heavy atom. The Hall–Kier alpha value is -0.0400. The lowest BCUT2D eigenvalue weighted by Gasteiger charge is -2.26. The van der Waals surface area contributed by atoms with Gasteiger partial charge in [-0.3, -0.25) is 0 Å². The van der Waals surface area contributed by atoms with Crippen molar-refractivity contribution in [1.29, 1.82) is 0 Å². The van der Waals surface area contributed by atoms with E-state index in [4.69, 9.17) is 0 Å². The van der Waals surface area contributed by atoms with Crippen molar-refractivity contribution >= 4 is 0 Å². The van der Waals surface area contributed by atoms with Gasteiger partial charge in [-0.1, -0.05) is 26.7 Å². The molecule has 1 N–H and O–H groups in total. The molecule has 0 aromatic rings. The molecule has 0 aliphatic heterocycles. The summed E-state index contributed by atoms with van der Waals surface area (Å²) in [6.07, 6.45) is 4.47. The fraction of sp³-hybridized carbons (Fsp3) is 1.00. The maximum absolute atomic E-state index is 9.77. The van der Waals surface area contributed by atoms with Gasteiger partial charge >= 0.3 is 0 Å². The predicted molar refractivity (Wildman–Crippen MR) is 38.3 cm³/mol. The quantitative estimate of drug-likeness (QED) is 0.572. The van der Waals surface area contributed by atoms with E-state index < -0.39 is 0 Å². The van der Waals surface area contributed by atoms with Crippen molar-refractivity contribution in [1.82, 2.24) is 0 Å². The molecule has 0 heterocycles. The van der Waals surface area contributed by atoms with Crippen LogP contribution in [0.2, 0.25) is 0 Å². The smallest absolute Gasteiger partial charge is 0.0670 e. The zero-order valence-electron chi connectivity index (χ0n) is 6.35. The van der Waals surface area contributed by atoms with E-state index in [1.165, 1.54) is 12.8 Å². The first-order valence-electron chi connectivity index (χ1n) is 3.87. The first kappa shape index (κ1) is 7.07. The normalized spacial score (nSPS) is 25.3. The van der Waals surface area contributed by atoms with Crippen molar-refractivity contribution in [3.8, 4) is 0 Å². The van der Waals surface area contributed by atoms with Crippen LogP contribution in [0.15, 0.2) is 0 Å². The van der Waals surface area contributed by atoms with Crippen molar-refractivity contribution in [2.24, 2.45) is 5.92 Å². The molecule has 0 unspecified atom stereocenters. The van der Waals surface area contributed by atoms with Crippen molar-refractivity contribution in [2.45, 2.75) is 45.1 Å². The second kappa shape index (κ2) is 2.30. The molecule has 1 aliphatic carbocycles. The van der Waals surface area contributed by atoms with Crippen LogP contribution in [-0.2, 0) is 0 Å². The fourth-order valence-corrected chi connectivity index (χ4v) is 1.56. The molecule has 0 amide bonds. The Balaban J connectivity index is 2.51. The molecule has 1 nitrogen and oxygen atoms in total. The largest absolute Gasteiger partial charge is 0.390 e. The van der Waals surface area contributed by atoms with Gasteiger partial charge in [-0.15, -0.1) is 0 Å². The van der Waals surface area contributed by atoms with Gasteiger partial charge in [-0.2, -0.15) is 0 Å². The fourth-order valence-electron chi connectivity index (χ4n) is 1.56. The lowest BCUT2D eigenvalue weighted by molar-refractivity contribution is 0.00205. The van der Waals surface area contributed by atoms with Crippen LogP contribution in [0.4, 0.5) is 0 Å². The predicted octanol–water partition coefficient (Wildman–Crippen LogP) is 1.95. The lowest BCUT2D eigenvalue weighted by atomic mass is 9.89. The molecule has 0 bridgehead atoms. The first-order chi connectivity index (χ1) is 4.15. The minimum absolute atomic E-state index is 0.306. The highest BCUT2D eigenvalue weighted by molar-refractivity contribution is 4.86. The topological polar surface area (TPSA) is 20.2 Å². The van der Waals surface area contributed by atoms with Crippen molar-refractivity contribution in [2.75, 3.05) is 0 Å². The van der Waals surface area contributed by atoms with E-state index in [-0.39, 0.29) is 5.60 Å². The summed E-state index contributed by atoms with van der Waals surface area (Å²) in [5, 5.41) is 9.77. The van der Waals surface area contributed by atoms with Crippen LogP contribution in [0, 0.1) is 5.92 Å². The third-order valence-corrected chi connectivity index (χ3v) is 2.54. The van der Waals surface area contributed by atoms with E-state index in [0.29, 0.717) is 5.92 Å². The molecule has 0 radical (unpaired) electrons. The summed E-state index contributed by atoms with van der Waals surface area (Å²) < 4.78 is 0. The molecule has 0 atom stereocenters. The maximum atomic E-state index is 9.77. The van der Waals surface area contributed by atoms with Crippen LogP contribution in [0.1, 0.15) is 39.5 Å². The molecular formula is C8H16O. The van der Waals surface area contributed by atoms with Gasteiger partial charge in [-0.05, 0) is 18.8 Å². The van der Waals surface area contributed by atoms with Gasteiger partial charge in [0.2, 0.25) is 0 Å². The second-order valence-electron chi connectivity index (χ2n) is 3.47. The molecule has 0 saturated heterocycles. The maximum Gasteiger partial charge on any atom is 0.0670 e. The molecule has 54 valence electrons. The summed E-state index contributed by atoms with van der Waals surface area (Å²) in [5.41, 5.74) is -0.306. The van der Waals surface area contributed by atoms with E-state index in [9.17, 15) is 5.11 Å². The summed E-state index contributed by atoms with van der Waals surface area (Å²) in [7, 11) is 0. The number of aliphatic hydroxyl groups is 1. The Kier molecular flexibility index (Phi) is 1.80. The van der Waals surface area contributed by atoms with E-state index in [1.54, 1.807) is 0 Å². The Bertz CT molecular complexity index is 90.7. The van der Waals surface area contributed by atoms with Gasteiger partial charge in [0.25, 0.3) is 0 Å². The molecule has 0 aromatic carbocycles. The molecule has 0 aromatic heterocycles. The minimum atomic E-state index is -0.306. The number of hydrogen-bond donors (Lipinski definition) is 1. The molecule has 1 rings (SSSR count). The van der Waals surface area contributed by atoms with E-state index in [2.05, 4.69) is 13.8 Å². The Morgan fingerprint density at radius 1 is 1.22 bits per heavy atom. The molecule has 1 saturated carbocycles. The molecule has 1 fully saturated rings. The van der Waals surface area contributed by atoms with Gasteiger partial charge in [0, 0.05) is 0 Å². The van der Waals surface area contributed by atoms with Gasteiger partial charge in [0.05, 0.1) is 5.60 Å². The molecular weight excluding hydrogens is 112 g/mol. The highest BCUT2D eigenvalue weighted by Crippen LogP contribution is 2.35. The van der Waals surface area contributed by atoms with Gasteiger partial charge in [-0.25, -0.2) is 0 Å². The van der Waals surface area contributed by atoms with Crippen LogP contribution >= 0.6 is 0 Å². The summed E-state index contributed by atoms with van der Waals surface area (Å²) >= 11 is 0. The highest BCUT2D eigenvalue weighted by Gasteiger charge is 2.33. The van der Waals surface area contributed by atoms with Crippen LogP contribution in [0.5, 0.6) is 0 Å². The zero-order chi connectivity index (χ0) is 6.91. The SMILES string of the molecule is CC(C)C1(O)CCCC1. The number of rotatable bonds is 1. The van der Waals surface area contributed by atoms with Gasteiger partial charge in [0.1, 0.15) is 0 Å². The molecule has 1 aliphatic rings.